The number of ether oxygens (including phenoxy) is 1. The van der Waals surface area contributed by atoms with E-state index in [1.807, 2.05) is 0 Å². The third-order valence-corrected chi connectivity index (χ3v) is 2.24. The van der Waals surface area contributed by atoms with Gasteiger partial charge in [0.25, 0.3) is 0 Å². The molecule has 1 rings (SSSR count). The van der Waals surface area contributed by atoms with Gasteiger partial charge in [-0.2, -0.15) is 13.2 Å². The average molecular weight is 263 g/mol. The molecule has 0 aliphatic carbocycles. The Morgan fingerprint density at radius 3 is 2.50 bits per heavy atom. The smallest absolute Gasteiger partial charge is 0.416 e. The lowest BCUT2D eigenvalue weighted by Gasteiger charge is -2.13. The number of halogens is 3. The van der Waals surface area contributed by atoms with Crippen molar-refractivity contribution in [1.29, 1.82) is 0 Å². The minimum absolute atomic E-state index is 0.116. The summed E-state index contributed by atoms with van der Waals surface area (Å²) in [6.45, 7) is -0.116. The number of rotatable bonds is 4. The Balaban J connectivity index is 3.33. The van der Waals surface area contributed by atoms with E-state index >= 15 is 0 Å². The fourth-order valence-corrected chi connectivity index (χ4v) is 1.45. The maximum absolute atomic E-state index is 12.5. The van der Waals surface area contributed by atoms with Crippen LogP contribution in [0.5, 0.6) is 11.5 Å². The second-order valence-corrected chi connectivity index (χ2v) is 3.52. The van der Waals surface area contributed by atoms with Crippen molar-refractivity contribution in [3.63, 3.8) is 0 Å². The van der Waals surface area contributed by atoms with Gasteiger partial charge in [0.05, 0.1) is 19.2 Å². The van der Waals surface area contributed by atoms with Crippen molar-refractivity contribution in [2.24, 2.45) is 0 Å². The van der Waals surface area contributed by atoms with Crippen molar-refractivity contribution in [2.45, 2.75) is 6.18 Å². The molecule has 1 aromatic rings. The van der Waals surface area contributed by atoms with Crippen molar-refractivity contribution < 1.29 is 27.8 Å². The van der Waals surface area contributed by atoms with Gasteiger partial charge in [-0.15, -0.1) is 0 Å². The molecule has 100 valence electrons. The van der Waals surface area contributed by atoms with Crippen LogP contribution in [0.25, 0.3) is 0 Å². The summed E-state index contributed by atoms with van der Waals surface area (Å²) >= 11 is 0. The van der Waals surface area contributed by atoms with E-state index in [4.69, 9.17) is 4.74 Å². The van der Waals surface area contributed by atoms with E-state index in [0.29, 0.717) is 12.1 Å². The van der Waals surface area contributed by atoms with Gasteiger partial charge in [-0.1, -0.05) is 0 Å². The van der Waals surface area contributed by atoms with Crippen molar-refractivity contribution in [3.05, 3.63) is 23.3 Å². The molecule has 0 amide bonds. The number of phenolic OH excluding ortho intramolecular Hbond substituents is 1. The fourth-order valence-electron chi connectivity index (χ4n) is 1.45. The summed E-state index contributed by atoms with van der Waals surface area (Å²) in [6, 6.07) is 1.19. The highest BCUT2D eigenvalue weighted by molar-refractivity contribution is 6.02. The first-order valence-corrected chi connectivity index (χ1v) is 4.97. The molecule has 2 N–H and O–H groups in total. The highest BCUT2D eigenvalue weighted by atomic mass is 19.4. The van der Waals surface area contributed by atoms with E-state index in [-0.39, 0.29) is 17.9 Å². The molecule has 0 bridgehead atoms. The number of carbonyl (C=O) groups is 1. The first-order chi connectivity index (χ1) is 8.31. The number of aromatic hydroxyl groups is 1. The molecule has 18 heavy (non-hydrogen) atoms. The van der Waals surface area contributed by atoms with E-state index in [1.54, 1.807) is 0 Å². The first kappa shape index (κ1) is 14.3. The molecule has 0 atom stereocenters. The van der Waals surface area contributed by atoms with Crippen molar-refractivity contribution in [1.82, 2.24) is 5.32 Å². The summed E-state index contributed by atoms with van der Waals surface area (Å²) in [5.74, 6) is -1.61. The number of ketones is 1. The van der Waals surface area contributed by atoms with Crippen LogP contribution in [0.2, 0.25) is 0 Å². The Morgan fingerprint density at radius 2 is 2.06 bits per heavy atom. The standard InChI is InChI=1S/C11H12F3NO3/c1-15-5-8(17)10-7(16)3-6(11(12,13)14)4-9(10)18-2/h3-4,15-16H,5H2,1-2H3. The number of benzene rings is 1. The second kappa shape index (κ2) is 5.26. The lowest BCUT2D eigenvalue weighted by Crippen LogP contribution is -2.19. The van der Waals surface area contributed by atoms with Crippen LogP contribution in [-0.2, 0) is 6.18 Å². The van der Waals surface area contributed by atoms with Crippen molar-refractivity contribution in [3.8, 4) is 11.5 Å². The molecule has 0 aliphatic heterocycles. The molecule has 0 fully saturated rings. The van der Waals surface area contributed by atoms with Gasteiger partial charge in [-0.3, -0.25) is 4.79 Å². The largest absolute Gasteiger partial charge is 0.507 e. The Bertz CT molecular complexity index is 458. The molecule has 0 saturated carbocycles. The summed E-state index contributed by atoms with van der Waals surface area (Å²) in [5, 5.41) is 12.1. The molecule has 1 aromatic carbocycles. The number of alkyl halides is 3. The number of nitrogens with one attached hydrogen (secondary N) is 1. The maximum atomic E-state index is 12.5. The monoisotopic (exact) mass is 263 g/mol. The molecule has 0 spiro atoms. The van der Waals surface area contributed by atoms with Crippen LogP contribution in [0, 0.1) is 0 Å². The Hall–Kier alpha value is -1.76. The van der Waals surface area contributed by atoms with Crippen LogP contribution in [-0.4, -0.2) is 31.6 Å². The van der Waals surface area contributed by atoms with Crippen LogP contribution in [0.1, 0.15) is 15.9 Å². The van der Waals surface area contributed by atoms with E-state index in [2.05, 4.69) is 5.32 Å². The lowest BCUT2D eigenvalue weighted by atomic mass is 10.0. The van der Waals surface area contributed by atoms with Gasteiger partial charge in [0.1, 0.15) is 17.1 Å². The minimum Gasteiger partial charge on any atom is -0.507 e. The van der Waals surface area contributed by atoms with Gasteiger partial charge in [-0.05, 0) is 19.2 Å². The zero-order chi connectivity index (χ0) is 13.9. The number of hydrogen-bond donors (Lipinski definition) is 2. The molecule has 7 heteroatoms. The van der Waals surface area contributed by atoms with E-state index in [9.17, 15) is 23.1 Å². The number of hydrogen-bond acceptors (Lipinski definition) is 4. The predicted octanol–water partition coefficient (Wildman–Crippen LogP) is 1.82. The third-order valence-electron chi connectivity index (χ3n) is 2.24. The topological polar surface area (TPSA) is 58.6 Å². The minimum atomic E-state index is -4.62. The summed E-state index contributed by atoms with van der Waals surface area (Å²) < 4.78 is 42.2. The lowest BCUT2D eigenvalue weighted by molar-refractivity contribution is -0.137. The molecule has 0 heterocycles. The van der Waals surface area contributed by atoms with Gasteiger partial charge in [0, 0.05) is 0 Å². The van der Waals surface area contributed by atoms with Crippen LogP contribution in [0.15, 0.2) is 12.1 Å². The number of methoxy groups -OCH3 is 1. The predicted molar refractivity (Wildman–Crippen MR) is 57.9 cm³/mol. The zero-order valence-electron chi connectivity index (χ0n) is 9.76. The Labute approximate surface area is 101 Å². The van der Waals surface area contributed by atoms with E-state index in [0.717, 1.165) is 7.11 Å². The number of likely N-dealkylation sites (N-methyl/N-ethyl adjacent to an activating group) is 1. The highest BCUT2D eigenvalue weighted by Crippen LogP contribution is 2.37. The van der Waals surface area contributed by atoms with Gasteiger partial charge in [0.2, 0.25) is 0 Å². The molecule has 0 unspecified atom stereocenters. The van der Waals surface area contributed by atoms with Crippen molar-refractivity contribution >= 4 is 5.78 Å². The van der Waals surface area contributed by atoms with E-state index < -0.39 is 23.3 Å². The third kappa shape index (κ3) is 2.92. The quantitative estimate of drug-likeness (QED) is 0.813. The Morgan fingerprint density at radius 1 is 1.44 bits per heavy atom. The van der Waals surface area contributed by atoms with E-state index in [1.165, 1.54) is 7.05 Å². The molecular weight excluding hydrogens is 251 g/mol. The normalized spacial score (nSPS) is 11.4. The molecule has 0 radical (unpaired) electrons. The number of phenols is 1. The van der Waals surface area contributed by atoms with Crippen LogP contribution in [0.3, 0.4) is 0 Å². The molecule has 4 nitrogen and oxygen atoms in total. The first-order valence-electron chi connectivity index (χ1n) is 4.97. The van der Waals surface area contributed by atoms with Crippen LogP contribution >= 0.6 is 0 Å². The highest BCUT2D eigenvalue weighted by Gasteiger charge is 2.33. The summed E-state index contributed by atoms with van der Waals surface area (Å²) in [4.78, 5) is 11.6. The number of carbonyl (C=O) groups excluding carboxylic acids is 1. The molecule has 0 saturated heterocycles. The van der Waals surface area contributed by atoms with Crippen LogP contribution in [0.4, 0.5) is 13.2 Å². The maximum Gasteiger partial charge on any atom is 0.416 e. The zero-order valence-corrected chi connectivity index (χ0v) is 9.76. The SMILES string of the molecule is CNCC(=O)c1c(O)cc(C(F)(F)F)cc1OC. The summed E-state index contributed by atoms with van der Waals surface area (Å²) in [6.07, 6.45) is -4.62. The van der Waals surface area contributed by atoms with Gasteiger partial charge in [0.15, 0.2) is 5.78 Å². The summed E-state index contributed by atoms with van der Waals surface area (Å²) in [5.41, 5.74) is -1.34. The molecule has 0 aliphatic rings. The summed E-state index contributed by atoms with van der Waals surface area (Å²) in [7, 11) is 2.64. The molecule has 0 aromatic heterocycles. The average Bonchev–Trinajstić information content (AvgIpc) is 2.26. The van der Waals surface area contributed by atoms with Gasteiger partial charge in [-0.25, -0.2) is 0 Å². The molecular formula is C11H12F3NO3. The van der Waals surface area contributed by atoms with Gasteiger partial charge >= 0.3 is 6.18 Å². The fraction of sp³-hybridized carbons (Fsp3) is 0.364. The van der Waals surface area contributed by atoms with Crippen molar-refractivity contribution in [2.75, 3.05) is 20.7 Å². The Kier molecular flexibility index (Phi) is 4.18. The second-order valence-electron chi connectivity index (χ2n) is 3.52. The van der Waals surface area contributed by atoms with Gasteiger partial charge < -0.3 is 15.2 Å². The van der Waals surface area contributed by atoms with Crippen LogP contribution < -0.4 is 10.1 Å². The number of Topliss-reactive ketones (excluding diaryl/α,β-unsaturated/α-hetero) is 1.